The van der Waals surface area contributed by atoms with E-state index in [1.54, 1.807) is 12.1 Å². The highest BCUT2D eigenvalue weighted by Gasteiger charge is 2.27. The molecule has 2 aromatic rings. The minimum absolute atomic E-state index is 0.0292. The fraction of sp³-hybridized carbons (Fsp3) is 0.316. The first-order chi connectivity index (χ1) is 13.3. The lowest BCUT2D eigenvalue weighted by molar-refractivity contribution is -0.117. The molecule has 0 unspecified atom stereocenters. The van der Waals surface area contributed by atoms with Crippen LogP contribution in [0.5, 0.6) is 0 Å². The van der Waals surface area contributed by atoms with E-state index < -0.39 is 15.8 Å². The molecule has 0 bridgehead atoms. The van der Waals surface area contributed by atoms with Crippen LogP contribution in [0.15, 0.2) is 48.5 Å². The second-order valence-corrected chi connectivity index (χ2v) is 8.99. The van der Waals surface area contributed by atoms with Gasteiger partial charge in [0, 0.05) is 31.2 Å². The third-order valence-corrected chi connectivity index (χ3v) is 6.57. The maximum atomic E-state index is 13.7. The van der Waals surface area contributed by atoms with E-state index in [9.17, 15) is 17.6 Å². The number of piperazine rings is 1. The average Bonchev–Trinajstić information content (AvgIpc) is 2.65. The van der Waals surface area contributed by atoms with Gasteiger partial charge in [0.05, 0.1) is 18.0 Å². The van der Waals surface area contributed by atoms with Gasteiger partial charge in [-0.1, -0.05) is 41.9 Å². The summed E-state index contributed by atoms with van der Waals surface area (Å²) in [4.78, 5) is 14.0. The zero-order chi connectivity index (χ0) is 20.1. The molecule has 9 heteroatoms. The van der Waals surface area contributed by atoms with E-state index in [0.717, 1.165) is 5.56 Å². The van der Waals surface area contributed by atoms with Crippen LogP contribution in [0, 0.1) is 5.82 Å². The molecule has 0 aliphatic carbocycles. The van der Waals surface area contributed by atoms with E-state index in [-0.39, 0.29) is 23.9 Å². The predicted octanol–water partition coefficient (Wildman–Crippen LogP) is 2.57. The van der Waals surface area contributed by atoms with Crippen LogP contribution in [0.4, 0.5) is 10.1 Å². The number of carbonyl (C=O) groups excluding carboxylic acids is 1. The highest BCUT2D eigenvalue weighted by Crippen LogP contribution is 2.19. The highest BCUT2D eigenvalue weighted by molar-refractivity contribution is 7.88. The lowest BCUT2D eigenvalue weighted by atomic mass is 10.2. The Labute approximate surface area is 168 Å². The van der Waals surface area contributed by atoms with Gasteiger partial charge < -0.3 is 5.32 Å². The van der Waals surface area contributed by atoms with Crippen molar-refractivity contribution in [3.63, 3.8) is 0 Å². The molecule has 1 heterocycles. The maximum Gasteiger partial charge on any atom is 0.238 e. The lowest BCUT2D eigenvalue weighted by Gasteiger charge is -2.33. The SMILES string of the molecule is O=C(CN1CCN(S(=O)(=O)Cc2ccccc2)CC1)Nc1cc(Cl)ccc1F. The van der Waals surface area contributed by atoms with Crippen molar-refractivity contribution in [2.75, 3.05) is 38.0 Å². The van der Waals surface area contributed by atoms with Crippen molar-refractivity contribution < 1.29 is 17.6 Å². The summed E-state index contributed by atoms with van der Waals surface area (Å²) < 4.78 is 40.3. The molecular formula is C19H21ClFN3O3S. The van der Waals surface area contributed by atoms with Crippen LogP contribution in [0.3, 0.4) is 0 Å². The zero-order valence-corrected chi connectivity index (χ0v) is 16.7. The van der Waals surface area contributed by atoms with Crippen molar-refractivity contribution in [1.29, 1.82) is 0 Å². The highest BCUT2D eigenvalue weighted by atomic mass is 35.5. The smallest absolute Gasteiger partial charge is 0.238 e. The van der Waals surface area contributed by atoms with Crippen LogP contribution in [0.25, 0.3) is 0 Å². The van der Waals surface area contributed by atoms with E-state index in [2.05, 4.69) is 5.32 Å². The molecule has 150 valence electrons. The van der Waals surface area contributed by atoms with E-state index in [1.165, 1.54) is 22.5 Å². The molecule has 0 aromatic heterocycles. The summed E-state index contributed by atoms with van der Waals surface area (Å²) in [6.07, 6.45) is 0. The van der Waals surface area contributed by atoms with Gasteiger partial charge >= 0.3 is 0 Å². The molecule has 1 aliphatic rings. The van der Waals surface area contributed by atoms with Crippen LogP contribution < -0.4 is 5.32 Å². The van der Waals surface area contributed by atoms with Crippen LogP contribution in [0.2, 0.25) is 5.02 Å². The quantitative estimate of drug-likeness (QED) is 0.772. The monoisotopic (exact) mass is 425 g/mol. The van der Waals surface area contributed by atoms with Gasteiger partial charge in [-0.15, -0.1) is 0 Å². The van der Waals surface area contributed by atoms with Gasteiger partial charge in [-0.3, -0.25) is 9.69 Å². The first kappa shape index (κ1) is 20.7. The van der Waals surface area contributed by atoms with E-state index >= 15 is 0 Å². The zero-order valence-electron chi connectivity index (χ0n) is 15.1. The number of nitrogens with one attached hydrogen (secondary N) is 1. The number of halogens is 2. The minimum Gasteiger partial charge on any atom is -0.322 e. The van der Waals surface area contributed by atoms with Gasteiger partial charge in [0.15, 0.2) is 0 Å². The van der Waals surface area contributed by atoms with Gasteiger partial charge in [0.2, 0.25) is 15.9 Å². The number of carbonyl (C=O) groups is 1. The van der Waals surface area contributed by atoms with Crippen LogP contribution in [0.1, 0.15) is 5.56 Å². The molecule has 1 amide bonds. The second-order valence-electron chi connectivity index (χ2n) is 6.59. The predicted molar refractivity (Wildman–Crippen MR) is 107 cm³/mol. The fourth-order valence-corrected chi connectivity index (χ4v) is 4.72. The summed E-state index contributed by atoms with van der Waals surface area (Å²) in [5.41, 5.74) is 0.773. The van der Waals surface area contributed by atoms with Crippen molar-refractivity contribution in [3.8, 4) is 0 Å². The Hall–Kier alpha value is -2.00. The number of rotatable bonds is 6. The van der Waals surface area contributed by atoms with Crippen molar-refractivity contribution in [2.45, 2.75) is 5.75 Å². The van der Waals surface area contributed by atoms with Gasteiger partial charge in [-0.25, -0.2) is 12.8 Å². The normalized spacial score (nSPS) is 16.1. The lowest BCUT2D eigenvalue weighted by Crippen LogP contribution is -2.50. The Morgan fingerprint density at radius 2 is 1.75 bits per heavy atom. The minimum atomic E-state index is -3.41. The molecule has 1 N–H and O–H groups in total. The first-order valence-corrected chi connectivity index (χ1v) is 10.8. The molecular weight excluding hydrogens is 405 g/mol. The van der Waals surface area contributed by atoms with E-state index in [4.69, 9.17) is 11.6 Å². The second kappa shape index (κ2) is 9.00. The Bertz CT molecular complexity index is 933. The van der Waals surface area contributed by atoms with Gasteiger partial charge in [0.25, 0.3) is 0 Å². The first-order valence-electron chi connectivity index (χ1n) is 8.82. The summed E-state index contributed by atoms with van der Waals surface area (Å²) >= 11 is 5.82. The number of benzene rings is 2. The van der Waals surface area contributed by atoms with Gasteiger partial charge in [-0.2, -0.15) is 4.31 Å². The van der Waals surface area contributed by atoms with E-state index in [1.807, 2.05) is 23.1 Å². The number of amides is 1. The fourth-order valence-electron chi connectivity index (χ4n) is 3.03. The van der Waals surface area contributed by atoms with Gasteiger partial charge in [0.1, 0.15) is 5.82 Å². The Morgan fingerprint density at radius 1 is 1.07 bits per heavy atom. The molecule has 0 radical (unpaired) electrons. The molecule has 6 nitrogen and oxygen atoms in total. The van der Waals surface area contributed by atoms with Crippen LogP contribution in [-0.4, -0.2) is 56.3 Å². The number of sulfonamides is 1. The van der Waals surface area contributed by atoms with E-state index in [0.29, 0.717) is 31.2 Å². The molecule has 1 fully saturated rings. The summed E-state index contributed by atoms with van der Waals surface area (Å²) in [5.74, 6) is -0.973. The summed E-state index contributed by atoms with van der Waals surface area (Å²) in [7, 11) is -3.41. The number of anilines is 1. The molecule has 0 atom stereocenters. The topological polar surface area (TPSA) is 69.7 Å². The average molecular weight is 426 g/mol. The standard InChI is InChI=1S/C19H21ClFN3O3S/c20-16-6-7-17(21)18(12-16)22-19(25)13-23-8-10-24(11-9-23)28(26,27)14-15-4-2-1-3-5-15/h1-7,12H,8-11,13-14H2,(H,22,25). The molecule has 1 saturated heterocycles. The number of nitrogens with zero attached hydrogens (tertiary/aromatic N) is 2. The maximum absolute atomic E-state index is 13.7. The number of hydrogen-bond acceptors (Lipinski definition) is 4. The Morgan fingerprint density at radius 3 is 2.43 bits per heavy atom. The van der Waals surface area contributed by atoms with Crippen molar-refractivity contribution >= 4 is 33.2 Å². The van der Waals surface area contributed by atoms with Crippen molar-refractivity contribution in [3.05, 3.63) is 64.9 Å². The summed E-state index contributed by atoms with van der Waals surface area (Å²) in [6, 6.07) is 13.0. The third-order valence-electron chi connectivity index (χ3n) is 4.49. The summed E-state index contributed by atoms with van der Waals surface area (Å²) in [5, 5.41) is 2.83. The third kappa shape index (κ3) is 5.51. The summed E-state index contributed by atoms with van der Waals surface area (Å²) in [6.45, 7) is 1.54. The molecule has 3 rings (SSSR count). The van der Waals surface area contributed by atoms with Crippen molar-refractivity contribution in [1.82, 2.24) is 9.21 Å². The Kier molecular flexibility index (Phi) is 6.66. The molecule has 1 aliphatic heterocycles. The number of hydrogen-bond donors (Lipinski definition) is 1. The molecule has 0 saturated carbocycles. The Balaban J connectivity index is 1.51. The molecule has 0 spiro atoms. The van der Waals surface area contributed by atoms with Crippen LogP contribution in [-0.2, 0) is 20.6 Å². The molecule has 28 heavy (non-hydrogen) atoms. The molecule has 2 aromatic carbocycles. The van der Waals surface area contributed by atoms with Crippen LogP contribution >= 0.6 is 11.6 Å². The van der Waals surface area contributed by atoms with Gasteiger partial charge in [-0.05, 0) is 23.8 Å². The largest absolute Gasteiger partial charge is 0.322 e. The van der Waals surface area contributed by atoms with Crippen molar-refractivity contribution in [2.24, 2.45) is 0 Å².